The van der Waals surface area contributed by atoms with Gasteiger partial charge in [-0.1, -0.05) is 35.8 Å². The Bertz CT molecular complexity index is 446. The minimum absolute atomic E-state index is 0.142. The number of benzene rings is 1. The van der Waals surface area contributed by atoms with E-state index in [0.29, 0.717) is 6.54 Å². The molecule has 19 heavy (non-hydrogen) atoms. The molecular weight excluding hydrogens is 306 g/mol. The highest BCUT2D eigenvalue weighted by Gasteiger charge is 2.23. The molecule has 0 bridgehead atoms. The van der Waals surface area contributed by atoms with Crippen LogP contribution in [0, 0.1) is 18.8 Å². The van der Waals surface area contributed by atoms with Crippen molar-refractivity contribution in [2.24, 2.45) is 11.8 Å². The van der Waals surface area contributed by atoms with E-state index in [-0.39, 0.29) is 11.8 Å². The summed E-state index contributed by atoms with van der Waals surface area (Å²) in [6, 6.07) is 6.19. The first kappa shape index (κ1) is 16.2. The van der Waals surface area contributed by atoms with Crippen LogP contribution >= 0.6 is 15.9 Å². The lowest BCUT2D eigenvalue weighted by molar-refractivity contribution is -0.144. The van der Waals surface area contributed by atoms with E-state index in [1.807, 2.05) is 27.0 Å². The summed E-state index contributed by atoms with van der Waals surface area (Å²) in [6.45, 7) is 7.32. The summed E-state index contributed by atoms with van der Waals surface area (Å²) in [5.74, 6) is -0.895. The van der Waals surface area contributed by atoms with Crippen LogP contribution in [0.15, 0.2) is 22.7 Å². The molecule has 0 saturated carbocycles. The number of hydrogen-bond acceptors (Lipinski definition) is 2. The van der Waals surface area contributed by atoms with Gasteiger partial charge in [0, 0.05) is 17.6 Å². The molecule has 106 valence electrons. The van der Waals surface area contributed by atoms with E-state index in [2.05, 4.69) is 39.9 Å². The number of aliphatic carboxylic acids is 1. The maximum Gasteiger partial charge on any atom is 0.308 e. The second kappa shape index (κ2) is 7.06. The van der Waals surface area contributed by atoms with Gasteiger partial charge in [0.25, 0.3) is 0 Å². The number of rotatable bonds is 6. The second-order valence-electron chi connectivity index (χ2n) is 5.46. The van der Waals surface area contributed by atoms with Crippen molar-refractivity contribution in [3.8, 4) is 0 Å². The van der Waals surface area contributed by atoms with Gasteiger partial charge in [-0.3, -0.25) is 4.79 Å². The van der Waals surface area contributed by atoms with Crippen molar-refractivity contribution in [3.05, 3.63) is 33.8 Å². The first-order valence-electron chi connectivity index (χ1n) is 6.47. The molecule has 1 unspecified atom stereocenters. The molecular formula is C15H22BrNO2. The number of aryl methyl sites for hydroxylation is 1. The molecule has 0 amide bonds. The molecule has 0 radical (unpaired) electrons. The van der Waals surface area contributed by atoms with E-state index in [9.17, 15) is 9.90 Å². The van der Waals surface area contributed by atoms with Crippen molar-refractivity contribution >= 4 is 21.9 Å². The fraction of sp³-hybridized carbons (Fsp3) is 0.533. The molecule has 0 aromatic heterocycles. The summed E-state index contributed by atoms with van der Waals surface area (Å²) in [5.41, 5.74) is 2.45. The van der Waals surface area contributed by atoms with Gasteiger partial charge in [0.15, 0.2) is 0 Å². The predicted molar refractivity (Wildman–Crippen MR) is 81.2 cm³/mol. The van der Waals surface area contributed by atoms with Gasteiger partial charge in [0.1, 0.15) is 0 Å². The predicted octanol–water partition coefficient (Wildman–Crippen LogP) is 3.55. The van der Waals surface area contributed by atoms with E-state index in [4.69, 9.17) is 0 Å². The standard InChI is InChI=1S/C15H22BrNO2/c1-10(2)14(15(18)19)9-17(4)8-12-7-13(16)6-5-11(12)3/h5-7,10,14H,8-9H2,1-4H3,(H,18,19). The molecule has 0 heterocycles. The Labute approximate surface area is 123 Å². The normalized spacial score (nSPS) is 13.0. The lowest BCUT2D eigenvalue weighted by Gasteiger charge is -2.24. The summed E-state index contributed by atoms with van der Waals surface area (Å²) in [4.78, 5) is 13.3. The SMILES string of the molecule is Cc1ccc(Br)cc1CN(C)CC(C(=O)O)C(C)C. The third-order valence-electron chi connectivity index (χ3n) is 3.38. The summed E-state index contributed by atoms with van der Waals surface area (Å²) < 4.78 is 1.06. The molecule has 1 rings (SSSR count). The molecule has 3 nitrogen and oxygen atoms in total. The summed E-state index contributed by atoms with van der Waals surface area (Å²) in [6.07, 6.45) is 0. The van der Waals surface area contributed by atoms with Gasteiger partial charge in [0.2, 0.25) is 0 Å². The zero-order chi connectivity index (χ0) is 14.6. The van der Waals surface area contributed by atoms with E-state index < -0.39 is 5.97 Å². The smallest absolute Gasteiger partial charge is 0.308 e. The average Bonchev–Trinajstić information content (AvgIpc) is 2.30. The first-order chi connectivity index (χ1) is 8.81. The zero-order valence-electron chi connectivity index (χ0n) is 12.0. The number of carboxylic acid groups (broad SMARTS) is 1. The lowest BCUT2D eigenvalue weighted by Crippen LogP contribution is -2.33. The number of carboxylic acids is 1. The minimum atomic E-state index is -0.715. The van der Waals surface area contributed by atoms with Gasteiger partial charge in [-0.2, -0.15) is 0 Å². The van der Waals surface area contributed by atoms with Gasteiger partial charge in [-0.25, -0.2) is 0 Å². The van der Waals surface area contributed by atoms with E-state index >= 15 is 0 Å². The Hall–Kier alpha value is -0.870. The highest BCUT2D eigenvalue weighted by atomic mass is 79.9. The number of nitrogens with zero attached hydrogens (tertiary/aromatic N) is 1. The Morgan fingerprint density at radius 3 is 2.58 bits per heavy atom. The molecule has 0 aliphatic heterocycles. The van der Waals surface area contributed by atoms with Crippen LogP contribution in [0.2, 0.25) is 0 Å². The molecule has 4 heteroatoms. The van der Waals surface area contributed by atoms with Crippen LogP contribution in [-0.4, -0.2) is 29.6 Å². The molecule has 0 aliphatic rings. The van der Waals surface area contributed by atoms with Crippen LogP contribution in [0.25, 0.3) is 0 Å². The van der Waals surface area contributed by atoms with Crippen molar-refractivity contribution < 1.29 is 9.90 Å². The van der Waals surface area contributed by atoms with Crippen LogP contribution in [0.3, 0.4) is 0 Å². The minimum Gasteiger partial charge on any atom is -0.481 e. The Balaban J connectivity index is 2.71. The summed E-state index contributed by atoms with van der Waals surface area (Å²) >= 11 is 3.47. The lowest BCUT2D eigenvalue weighted by atomic mass is 9.95. The van der Waals surface area contributed by atoms with Crippen LogP contribution < -0.4 is 0 Å². The highest BCUT2D eigenvalue weighted by molar-refractivity contribution is 9.10. The second-order valence-corrected chi connectivity index (χ2v) is 6.37. The highest BCUT2D eigenvalue weighted by Crippen LogP contribution is 2.19. The third-order valence-corrected chi connectivity index (χ3v) is 3.87. The molecule has 0 spiro atoms. The first-order valence-corrected chi connectivity index (χ1v) is 7.27. The van der Waals surface area contributed by atoms with E-state index in [1.165, 1.54) is 11.1 Å². The molecule has 1 atom stereocenters. The van der Waals surface area contributed by atoms with Crippen LogP contribution in [-0.2, 0) is 11.3 Å². The molecule has 1 aromatic rings. The number of halogens is 1. The fourth-order valence-corrected chi connectivity index (χ4v) is 2.48. The van der Waals surface area contributed by atoms with Gasteiger partial charge < -0.3 is 10.0 Å². The van der Waals surface area contributed by atoms with Crippen molar-refractivity contribution in [2.75, 3.05) is 13.6 Å². The number of hydrogen-bond donors (Lipinski definition) is 1. The van der Waals surface area contributed by atoms with Crippen molar-refractivity contribution in [1.82, 2.24) is 4.90 Å². The maximum atomic E-state index is 11.2. The van der Waals surface area contributed by atoms with E-state index in [1.54, 1.807) is 0 Å². The quantitative estimate of drug-likeness (QED) is 0.868. The van der Waals surface area contributed by atoms with Crippen LogP contribution in [0.5, 0.6) is 0 Å². The zero-order valence-corrected chi connectivity index (χ0v) is 13.6. The molecule has 0 fully saturated rings. The number of carbonyl (C=O) groups is 1. The third kappa shape index (κ3) is 4.96. The summed E-state index contributed by atoms with van der Waals surface area (Å²) in [7, 11) is 1.97. The monoisotopic (exact) mass is 327 g/mol. The Morgan fingerprint density at radius 2 is 2.05 bits per heavy atom. The van der Waals surface area contributed by atoms with Crippen molar-refractivity contribution in [3.63, 3.8) is 0 Å². The molecule has 0 aliphatic carbocycles. The Kier molecular flexibility index (Phi) is 6.01. The fourth-order valence-electron chi connectivity index (χ4n) is 2.08. The van der Waals surface area contributed by atoms with Crippen LogP contribution in [0.4, 0.5) is 0 Å². The molecule has 1 aromatic carbocycles. The van der Waals surface area contributed by atoms with Gasteiger partial charge in [0.05, 0.1) is 5.92 Å². The largest absolute Gasteiger partial charge is 0.481 e. The topological polar surface area (TPSA) is 40.5 Å². The van der Waals surface area contributed by atoms with Gasteiger partial charge >= 0.3 is 5.97 Å². The van der Waals surface area contributed by atoms with Crippen LogP contribution in [0.1, 0.15) is 25.0 Å². The molecule has 0 saturated heterocycles. The molecule has 1 N–H and O–H groups in total. The average molecular weight is 328 g/mol. The summed E-state index contributed by atoms with van der Waals surface area (Å²) in [5, 5.41) is 9.22. The Morgan fingerprint density at radius 1 is 1.42 bits per heavy atom. The van der Waals surface area contributed by atoms with E-state index in [0.717, 1.165) is 11.0 Å². The van der Waals surface area contributed by atoms with Gasteiger partial charge in [-0.05, 0) is 43.1 Å². The van der Waals surface area contributed by atoms with Gasteiger partial charge in [-0.15, -0.1) is 0 Å². The van der Waals surface area contributed by atoms with Crippen molar-refractivity contribution in [1.29, 1.82) is 0 Å². The van der Waals surface area contributed by atoms with Crippen molar-refractivity contribution in [2.45, 2.75) is 27.3 Å². The maximum absolute atomic E-state index is 11.2.